The molecule has 0 saturated heterocycles. The van der Waals surface area contributed by atoms with Crippen molar-refractivity contribution in [1.29, 1.82) is 0 Å². The topological polar surface area (TPSA) is 77.6 Å². The van der Waals surface area contributed by atoms with E-state index in [0.717, 1.165) is 27.6 Å². The Hall–Kier alpha value is -3.36. The zero-order valence-corrected chi connectivity index (χ0v) is 15.5. The van der Waals surface area contributed by atoms with E-state index < -0.39 is 5.91 Å². The first-order chi connectivity index (χ1) is 12.9. The Morgan fingerprint density at radius 2 is 2.04 bits per heavy atom. The molecular weight excluding hydrogens is 362 g/mol. The zero-order chi connectivity index (χ0) is 19.6. The number of nitrogens with two attached hydrogens (primary N) is 1. The number of halogens is 1. The van der Waals surface area contributed by atoms with Gasteiger partial charge in [0.1, 0.15) is 5.75 Å². The van der Waals surface area contributed by atoms with E-state index in [-0.39, 0.29) is 5.84 Å². The van der Waals surface area contributed by atoms with Gasteiger partial charge in [0.25, 0.3) is 5.91 Å². The lowest BCUT2D eigenvalue weighted by Gasteiger charge is -2.12. The van der Waals surface area contributed by atoms with E-state index in [1.54, 1.807) is 31.5 Å². The van der Waals surface area contributed by atoms with Gasteiger partial charge in [0.2, 0.25) is 0 Å². The van der Waals surface area contributed by atoms with Crippen LogP contribution < -0.4 is 10.5 Å². The molecule has 0 aliphatic carbocycles. The number of aliphatic imine (C=N–C) groups is 1. The van der Waals surface area contributed by atoms with Crippen molar-refractivity contribution >= 4 is 34.2 Å². The van der Waals surface area contributed by atoms with Gasteiger partial charge in [0, 0.05) is 22.7 Å². The van der Waals surface area contributed by atoms with Crippen LogP contribution in [-0.2, 0) is 0 Å². The first-order valence-corrected chi connectivity index (χ1v) is 8.40. The number of fused-ring (bicyclic) bond motifs is 1. The molecule has 0 radical (unpaired) electrons. The number of carbonyl (C=O) groups excluding carboxylic acids is 1. The van der Waals surface area contributed by atoms with Crippen LogP contribution in [0.1, 0.15) is 15.9 Å². The number of amidine groups is 1. The lowest BCUT2D eigenvalue weighted by Crippen LogP contribution is -2.11. The standard InChI is InChI=1S/C21H16ClN3O2/c1-4-19(23)25-21(26)13-9-12(2)20-17(10-13)15(7-8-24-20)16-6-5-14(27-3)11-18(16)22/h1,5-11H,2-3H3,(H2,23,25,26). The third kappa shape index (κ3) is 3.62. The maximum atomic E-state index is 12.4. The van der Waals surface area contributed by atoms with Crippen LogP contribution in [0.15, 0.2) is 47.6 Å². The van der Waals surface area contributed by atoms with Gasteiger partial charge in [-0.1, -0.05) is 11.6 Å². The Bertz CT molecular complexity index is 1130. The molecule has 3 aromatic rings. The second-order valence-corrected chi connectivity index (χ2v) is 6.25. The van der Waals surface area contributed by atoms with Gasteiger partial charge in [-0.3, -0.25) is 9.78 Å². The molecule has 5 nitrogen and oxygen atoms in total. The van der Waals surface area contributed by atoms with E-state index in [1.807, 2.05) is 25.1 Å². The van der Waals surface area contributed by atoms with Crippen molar-refractivity contribution in [3.63, 3.8) is 0 Å². The molecule has 27 heavy (non-hydrogen) atoms. The Balaban J connectivity index is 2.24. The maximum absolute atomic E-state index is 12.4. The smallest absolute Gasteiger partial charge is 0.279 e. The summed E-state index contributed by atoms with van der Waals surface area (Å²) in [5.74, 6) is 2.13. The normalized spacial score (nSPS) is 11.3. The molecule has 1 aromatic heterocycles. The molecule has 134 valence electrons. The molecule has 0 aliphatic rings. The minimum Gasteiger partial charge on any atom is -0.497 e. The predicted molar refractivity (Wildman–Crippen MR) is 108 cm³/mol. The van der Waals surface area contributed by atoms with Crippen LogP contribution >= 0.6 is 11.6 Å². The van der Waals surface area contributed by atoms with Crippen molar-refractivity contribution in [3.05, 3.63) is 58.7 Å². The number of aromatic nitrogens is 1. The van der Waals surface area contributed by atoms with Crippen molar-refractivity contribution in [2.75, 3.05) is 7.11 Å². The number of hydrogen-bond acceptors (Lipinski definition) is 3. The van der Waals surface area contributed by atoms with Crippen LogP contribution in [0.25, 0.3) is 22.0 Å². The van der Waals surface area contributed by atoms with Crippen LogP contribution in [0.5, 0.6) is 5.75 Å². The molecule has 0 unspecified atom stereocenters. The summed E-state index contributed by atoms with van der Waals surface area (Å²) in [4.78, 5) is 20.5. The van der Waals surface area contributed by atoms with Crippen molar-refractivity contribution in [1.82, 2.24) is 4.98 Å². The number of benzene rings is 2. The number of terminal acetylenes is 1. The number of aryl methyl sites for hydroxylation is 1. The van der Waals surface area contributed by atoms with Gasteiger partial charge in [-0.2, -0.15) is 4.99 Å². The lowest BCUT2D eigenvalue weighted by molar-refractivity contribution is 0.100. The highest BCUT2D eigenvalue weighted by Crippen LogP contribution is 2.36. The average Bonchev–Trinajstić information content (AvgIpc) is 2.67. The Kier molecular flexibility index (Phi) is 5.11. The number of nitrogens with zero attached hydrogens (tertiary/aromatic N) is 2. The molecule has 0 saturated carbocycles. The van der Waals surface area contributed by atoms with Gasteiger partial charge >= 0.3 is 0 Å². The number of hydrogen-bond donors (Lipinski definition) is 1. The number of ether oxygens (including phenoxy) is 1. The van der Waals surface area contributed by atoms with E-state index in [0.29, 0.717) is 16.3 Å². The molecule has 1 amide bonds. The molecule has 6 heteroatoms. The van der Waals surface area contributed by atoms with Crippen molar-refractivity contribution in [2.24, 2.45) is 10.7 Å². The fraction of sp³-hybridized carbons (Fsp3) is 0.0952. The molecule has 2 aromatic carbocycles. The summed E-state index contributed by atoms with van der Waals surface area (Å²) in [7, 11) is 1.58. The van der Waals surface area contributed by atoms with E-state index in [4.69, 9.17) is 28.5 Å². The summed E-state index contributed by atoms with van der Waals surface area (Å²) >= 11 is 6.44. The van der Waals surface area contributed by atoms with E-state index in [1.165, 1.54) is 0 Å². The van der Waals surface area contributed by atoms with Crippen molar-refractivity contribution < 1.29 is 9.53 Å². The predicted octanol–water partition coefficient (Wildman–Crippen LogP) is 4.00. The zero-order valence-electron chi connectivity index (χ0n) is 14.8. The Morgan fingerprint density at radius 3 is 2.70 bits per heavy atom. The van der Waals surface area contributed by atoms with Crippen LogP contribution in [-0.4, -0.2) is 23.8 Å². The SMILES string of the molecule is C#C/C(N)=N\C(=O)c1cc(C)c2nccc(-c3ccc(OC)cc3Cl)c2c1. The van der Waals surface area contributed by atoms with Gasteiger partial charge in [-0.05, 0) is 60.4 Å². The van der Waals surface area contributed by atoms with Gasteiger partial charge in [-0.15, -0.1) is 6.42 Å². The van der Waals surface area contributed by atoms with Crippen LogP contribution in [0.3, 0.4) is 0 Å². The molecule has 0 fully saturated rings. The minimum atomic E-state index is -0.508. The highest BCUT2D eigenvalue weighted by molar-refractivity contribution is 6.34. The van der Waals surface area contributed by atoms with Crippen molar-refractivity contribution in [3.8, 4) is 29.2 Å². The fourth-order valence-electron chi connectivity index (χ4n) is 2.84. The number of methoxy groups -OCH3 is 1. The van der Waals surface area contributed by atoms with Crippen molar-refractivity contribution in [2.45, 2.75) is 6.92 Å². The average molecular weight is 378 g/mol. The fourth-order valence-corrected chi connectivity index (χ4v) is 3.11. The molecule has 0 bridgehead atoms. The first kappa shape index (κ1) is 18.4. The molecule has 0 spiro atoms. The van der Waals surface area contributed by atoms with Crippen LogP contribution in [0.2, 0.25) is 5.02 Å². The monoisotopic (exact) mass is 377 g/mol. The summed E-state index contributed by atoms with van der Waals surface area (Å²) in [5, 5.41) is 1.31. The summed E-state index contributed by atoms with van der Waals surface area (Å²) in [5.41, 5.74) is 9.11. The molecule has 0 aliphatic heterocycles. The molecule has 3 rings (SSSR count). The highest BCUT2D eigenvalue weighted by atomic mass is 35.5. The third-order valence-corrected chi connectivity index (χ3v) is 4.43. The molecule has 0 atom stereocenters. The number of carbonyl (C=O) groups is 1. The molecule has 2 N–H and O–H groups in total. The second kappa shape index (κ2) is 7.48. The number of pyridine rings is 1. The van der Waals surface area contributed by atoms with Gasteiger partial charge in [0.15, 0.2) is 5.84 Å². The quantitative estimate of drug-likeness (QED) is 0.425. The van der Waals surface area contributed by atoms with Gasteiger partial charge in [0.05, 0.1) is 17.6 Å². The van der Waals surface area contributed by atoms with Crippen LogP contribution in [0.4, 0.5) is 0 Å². The third-order valence-electron chi connectivity index (χ3n) is 4.12. The highest BCUT2D eigenvalue weighted by Gasteiger charge is 2.14. The summed E-state index contributed by atoms with van der Waals surface area (Å²) in [6, 6.07) is 10.7. The largest absolute Gasteiger partial charge is 0.497 e. The van der Waals surface area contributed by atoms with E-state index in [9.17, 15) is 4.79 Å². The van der Waals surface area contributed by atoms with Gasteiger partial charge in [-0.25, -0.2) is 0 Å². The second-order valence-electron chi connectivity index (χ2n) is 5.84. The summed E-state index contributed by atoms with van der Waals surface area (Å²) in [6.07, 6.45) is 6.88. The van der Waals surface area contributed by atoms with Gasteiger partial charge < -0.3 is 10.5 Å². The summed E-state index contributed by atoms with van der Waals surface area (Å²) < 4.78 is 5.21. The number of amides is 1. The lowest BCUT2D eigenvalue weighted by atomic mass is 9.97. The first-order valence-electron chi connectivity index (χ1n) is 8.03. The van der Waals surface area contributed by atoms with E-state index >= 15 is 0 Å². The summed E-state index contributed by atoms with van der Waals surface area (Å²) in [6.45, 7) is 1.87. The Labute approximate surface area is 161 Å². The molecular formula is C21H16ClN3O2. The minimum absolute atomic E-state index is 0.164. The maximum Gasteiger partial charge on any atom is 0.279 e. The number of rotatable bonds is 3. The van der Waals surface area contributed by atoms with Crippen LogP contribution in [0, 0.1) is 19.3 Å². The Morgan fingerprint density at radius 1 is 1.26 bits per heavy atom. The molecule has 1 heterocycles. The van der Waals surface area contributed by atoms with E-state index in [2.05, 4.69) is 15.9 Å².